The van der Waals surface area contributed by atoms with E-state index < -0.39 is 6.36 Å². The van der Waals surface area contributed by atoms with E-state index in [1.165, 1.54) is 25.0 Å². The van der Waals surface area contributed by atoms with Crippen LogP contribution in [0.25, 0.3) is 22.5 Å². The topological polar surface area (TPSA) is 79.6 Å². The first kappa shape index (κ1) is 27.7. The normalized spacial score (nSPS) is 23.9. The third-order valence-electron chi connectivity index (χ3n) is 8.88. The minimum atomic E-state index is -4.74. The van der Waals surface area contributed by atoms with Gasteiger partial charge in [-0.1, -0.05) is 30.1 Å². The highest BCUT2D eigenvalue weighted by molar-refractivity contribution is 5.68. The Balaban J connectivity index is 1.14. The molecule has 2 saturated heterocycles. The van der Waals surface area contributed by atoms with Gasteiger partial charge in [0.25, 0.3) is 0 Å². The number of pyridine rings is 1. The molecule has 1 saturated carbocycles. The number of fused-ring (bicyclic) bond motifs is 2. The number of nitrogens with one attached hydrogen (secondary N) is 1. The van der Waals surface area contributed by atoms with Crippen LogP contribution >= 0.6 is 0 Å². The van der Waals surface area contributed by atoms with Crippen LogP contribution in [0.3, 0.4) is 0 Å². The molecule has 2 aliphatic heterocycles. The van der Waals surface area contributed by atoms with Crippen LogP contribution in [0.4, 0.5) is 24.7 Å². The minimum Gasteiger partial charge on any atom is -0.406 e. The van der Waals surface area contributed by atoms with Gasteiger partial charge in [-0.3, -0.25) is 0 Å². The number of anilines is 2. The van der Waals surface area contributed by atoms with Gasteiger partial charge < -0.3 is 24.4 Å². The van der Waals surface area contributed by atoms with Crippen molar-refractivity contribution in [2.45, 2.75) is 69.6 Å². The largest absolute Gasteiger partial charge is 0.573 e. The molecular formula is C32H33F3N6O2. The highest BCUT2D eigenvalue weighted by Gasteiger charge is 2.46. The van der Waals surface area contributed by atoms with Gasteiger partial charge in [0.05, 0.1) is 0 Å². The molecule has 4 heterocycles. The molecule has 43 heavy (non-hydrogen) atoms. The van der Waals surface area contributed by atoms with Crippen molar-refractivity contribution < 1.29 is 22.4 Å². The molecule has 1 N–H and O–H groups in total. The molecule has 3 aliphatic rings. The lowest BCUT2D eigenvalue weighted by Crippen LogP contribution is -2.72. The fourth-order valence-electron chi connectivity index (χ4n) is 7.02. The quantitative estimate of drug-likeness (QED) is 0.287. The van der Waals surface area contributed by atoms with Crippen LogP contribution in [0.5, 0.6) is 5.75 Å². The van der Waals surface area contributed by atoms with Crippen molar-refractivity contribution in [2.75, 3.05) is 22.9 Å². The van der Waals surface area contributed by atoms with E-state index in [1.54, 1.807) is 25.3 Å². The number of piperazine rings is 1. The number of nitrogens with zero attached hydrogens (tertiary/aromatic N) is 5. The minimum absolute atomic E-state index is 0.231. The van der Waals surface area contributed by atoms with E-state index in [-0.39, 0.29) is 17.8 Å². The number of hydrogen-bond acceptors (Lipinski definition) is 8. The van der Waals surface area contributed by atoms with Crippen molar-refractivity contribution >= 4 is 11.5 Å². The van der Waals surface area contributed by atoms with E-state index in [1.807, 2.05) is 24.3 Å². The molecule has 4 aromatic rings. The fraction of sp³-hybridized carbons (Fsp3) is 0.406. The number of aromatic nitrogens is 3. The van der Waals surface area contributed by atoms with Crippen molar-refractivity contribution in [3.63, 3.8) is 0 Å². The summed E-state index contributed by atoms with van der Waals surface area (Å²) in [5.74, 6) is 1.77. The third kappa shape index (κ3) is 5.78. The molecule has 2 aromatic heterocycles. The molecular weight excluding hydrogens is 557 g/mol. The summed E-state index contributed by atoms with van der Waals surface area (Å²) >= 11 is 0. The van der Waals surface area contributed by atoms with E-state index >= 15 is 0 Å². The van der Waals surface area contributed by atoms with Crippen molar-refractivity contribution in [2.24, 2.45) is 0 Å². The lowest BCUT2D eigenvalue weighted by Gasteiger charge is -2.56. The molecule has 0 radical (unpaired) electrons. The molecule has 224 valence electrons. The fourth-order valence-corrected chi connectivity index (χ4v) is 7.02. The molecule has 2 aromatic carbocycles. The zero-order valence-corrected chi connectivity index (χ0v) is 23.8. The highest BCUT2D eigenvalue weighted by atomic mass is 19.4. The standard InChI is InChI=1S/C32H33F3N6O2/c1-20-37-31(39-43-20)21-9-11-24(12-10-21)40-16-14-29-27(19-40)38-26-7-2-3-8-28(26)41(29)30-18-23(13-15-36-30)22-5-4-6-25(17-22)42-32(33,34)35/h4-6,9-13,15,17-18,26-29,38H,2-3,7-8,14,16,19H2,1H3/t26-,27?,28-,29?/m1/s1. The van der Waals surface area contributed by atoms with Gasteiger partial charge in [0.2, 0.25) is 11.7 Å². The molecule has 8 nitrogen and oxygen atoms in total. The van der Waals surface area contributed by atoms with Crippen LogP contribution in [0, 0.1) is 6.92 Å². The second kappa shape index (κ2) is 11.2. The van der Waals surface area contributed by atoms with Crippen LogP contribution in [0.15, 0.2) is 71.4 Å². The van der Waals surface area contributed by atoms with E-state index in [2.05, 4.69) is 42.1 Å². The van der Waals surface area contributed by atoms with E-state index in [0.717, 1.165) is 55.0 Å². The Kier molecular flexibility index (Phi) is 7.20. The Labute approximate surface area is 247 Å². The smallest absolute Gasteiger partial charge is 0.406 e. The average Bonchev–Trinajstić information content (AvgIpc) is 3.45. The van der Waals surface area contributed by atoms with Crippen molar-refractivity contribution in [3.8, 4) is 28.3 Å². The molecule has 2 unspecified atom stereocenters. The van der Waals surface area contributed by atoms with Gasteiger partial charge in [-0.05, 0) is 78.9 Å². The number of benzene rings is 2. The Morgan fingerprint density at radius 3 is 2.49 bits per heavy atom. The SMILES string of the molecule is Cc1nc(-c2ccc(N3CCC4C(C3)N[C@@H]3CCCC[C@H]3N4c3cc(-c4cccc(OC(F)(F)F)c4)ccn3)cc2)no1. The third-order valence-corrected chi connectivity index (χ3v) is 8.88. The summed E-state index contributed by atoms with van der Waals surface area (Å²) in [6.45, 7) is 3.54. The maximum atomic E-state index is 12.9. The maximum Gasteiger partial charge on any atom is 0.573 e. The van der Waals surface area contributed by atoms with Crippen LogP contribution in [-0.4, -0.2) is 58.7 Å². The number of aryl methyl sites for hydroxylation is 1. The zero-order valence-electron chi connectivity index (χ0n) is 23.8. The molecule has 1 aliphatic carbocycles. The van der Waals surface area contributed by atoms with Crippen molar-refractivity contribution in [1.82, 2.24) is 20.4 Å². The Morgan fingerprint density at radius 2 is 1.70 bits per heavy atom. The van der Waals surface area contributed by atoms with Gasteiger partial charge in [0.15, 0.2) is 0 Å². The Hall–Kier alpha value is -4.12. The van der Waals surface area contributed by atoms with Crippen LogP contribution in [0.2, 0.25) is 0 Å². The molecule has 7 rings (SSSR count). The summed E-state index contributed by atoms with van der Waals surface area (Å²) in [5.41, 5.74) is 3.55. The number of hydrogen-bond donors (Lipinski definition) is 1. The highest BCUT2D eigenvalue weighted by Crippen LogP contribution is 2.38. The van der Waals surface area contributed by atoms with Gasteiger partial charge in [-0.2, -0.15) is 4.98 Å². The Bertz CT molecular complexity index is 1580. The van der Waals surface area contributed by atoms with Crippen molar-refractivity contribution in [1.29, 1.82) is 0 Å². The first-order valence-electron chi connectivity index (χ1n) is 14.8. The second-order valence-corrected chi connectivity index (χ2v) is 11.6. The van der Waals surface area contributed by atoms with Crippen LogP contribution < -0.4 is 19.9 Å². The predicted molar refractivity (Wildman–Crippen MR) is 157 cm³/mol. The van der Waals surface area contributed by atoms with Gasteiger partial charge in [0.1, 0.15) is 11.6 Å². The van der Waals surface area contributed by atoms with Crippen molar-refractivity contribution in [3.05, 3.63) is 72.8 Å². The summed E-state index contributed by atoms with van der Waals surface area (Å²) in [4.78, 5) is 14.1. The molecule has 0 amide bonds. The van der Waals surface area contributed by atoms with E-state index in [9.17, 15) is 13.2 Å². The number of piperidine rings is 1. The van der Waals surface area contributed by atoms with Gasteiger partial charge in [0, 0.05) is 61.6 Å². The molecule has 0 spiro atoms. The van der Waals surface area contributed by atoms with E-state index in [0.29, 0.717) is 29.4 Å². The zero-order chi connectivity index (χ0) is 29.6. The average molecular weight is 591 g/mol. The summed E-state index contributed by atoms with van der Waals surface area (Å²) in [6.07, 6.45) is 2.54. The molecule has 4 atom stereocenters. The molecule has 11 heteroatoms. The van der Waals surface area contributed by atoms with Crippen LogP contribution in [0.1, 0.15) is 38.0 Å². The summed E-state index contributed by atoms with van der Waals surface area (Å²) in [5, 5.41) is 8.03. The van der Waals surface area contributed by atoms with Gasteiger partial charge >= 0.3 is 6.36 Å². The number of rotatable bonds is 5. The van der Waals surface area contributed by atoms with Gasteiger partial charge in [-0.15, -0.1) is 13.2 Å². The predicted octanol–water partition coefficient (Wildman–Crippen LogP) is 6.37. The molecule has 0 bridgehead atoms. The Morgan fingerprint density at radius 1 is 0.907 bits per heavy atom. The lowest BCUT2D eigenvalue weighted by atomic mass is 9.81. The summed E-state index contributed by atoms with van der Waals surface area (Å²) in [7, 11) is 0. The summed E-state index contributed by atoms with van der Waals surface area (Å²) in [6, 6.07) is 19.5. The first-order valence-corrected chi connectivity index (χ1v) is 14.8. The van der Waals surface area contributed by atoms with E-state index in [4.69, 9.17) is 9.51 Å². The van der Waals surface area contributed by atoms with Crippen LogP contribution in [-0.2, 0) is 0 Å². The lowest BCUT2D eigenvalue weighted by molar-refractivity contribution is -0.274. The first-order chi connectivity index (χ1) is 20.8. The second-order valence-electron chi connectivity index (χ2n) is 11.6. The van der Waals surface area contributed by atoms with Gasteiger partial charge in [-0.25, -0.2) is 4.98 Å². The summed E-state index contributed by atoms with van der Waals surface area (Å²) < 4.78 is 47.9. The monoisotopic (exact) mass is 590 g/mol. The molecule has 3 fully saturated rings. The maximum absolute atomic E-state index is 12.9. The number of alkyl halides is 3. The number of ether oxygens (including phenoxy) is 1. The number of halogens is 3.